The van der Waals surface area contributed by atoms with E-state index in [4.69, 9.17) is 4.74 Å². The van der Waals surface area contributed by atoms with E-state index in [1.165, 1.54) is 12.8 Å². The first-order valence-corrected chi connectivity index (χ1v) is 8.00. The summed E-state index contributed by atoms with van der Waals surface area (Å²) in [5.41, 5.74) is 0.386. The van der Waals surface area contributed by atoms with Gasteiger partial charge in [-0.05, 0) is 37.5 Å². The first-order valence-electron chi connectivity index (χ1n) is 8.00. The molecule has 1 saturated heterocycles. The molecule has 0 bridgehead atoms. The minimum Gasteiger partial charge on any atom is -0.378 e. The molecular formula is C16H30N2O2. The lowest BCUT2D eigenvalue weighted by Gasteiger charge is -2.40. The van der Waals surface area contributed by atoms with Gasteiger partial charge in [0.05, 0.1) is 19.3 Å². The largest absolute Gasteiger partial charge is 0.378 e. The van der Waals surface area contributed by atoms with E-state index < -0.39 is 0 Å². The Balaban J connectivity index is 1.86. The van der Waals surface area contributed by atoms with Crippen molar-refractivity contribution in [2.75, 3.05) is 26.3 Å². The van der Waals surface area contributed by atoms with Gasteiger partial charge >= 0.3 is 0 Å². The monoisotopic (exact) mass is 282 g/mol. The Morgan fingerprint density at radius 2 is 1.95 bits per heavy atom. The van der Waals surface area contributed by atoms with Crippen LogP contribution in [0.15, 0.2) is 0 Å². The number of ether oxygens (including phenoxy) is 1. The predicted octanol–water partition coefficient (Wildman–Crippen LogP) is 2.04. The van der Waals surface area contributed by atoms with E-state index in [2.05, 4.69) is 26.1 Å². The normalized spacial score (nSPS) is 31.9. The van der Waals surface area contributed by atoms with Gasteiger partial charge in [0.15, 0.2) is 0 Å². The van der Waals surface area contributed by atoms with Crippen molar-refractivity contribution in [3.05, 3.63) is 0 Å². The van der Waals surface area contributed by atoms with E-state index in [0.29, 0.717) is 24.7 Å². The quantitative estimate of drug-likeness (QED) is 0.861. The topological polar surface area (TPSA) is 41.6 Å². The number of carbonyl (C=O) groups is 1. The minimum atomic E-state index is -0.0841. The summed E-state index contributed by atoms with van der Waals surface area (Å²) in [5.74, 6) is 0.964. The van der Waals surface area contributed by atoms with Crippen LogP contribution in [0.1, 0.15) is 47.0 Å². The maximum atomic E-state index is 12.4. The van der Waals surface area contributed by atoms with Gasteiger partial charge < -0.3 is 15.0 Å². The molecule has 4 heteroatoms. The Morgan fingerprint density at radius 1 is 1.30 bits per heavy atom. The maximum Gasteiger partial charge on any atom is 0.239 e. The summed E-state index contributed by atoms with van der Waals surface area (Å²) in [5, 5.41) is 3.57. The molecule has 116 valence electrons. The van der Waals surface area contributed by atoms with Gasteiger partial charge in [-0.3, -0.25) is 4.79 Å². The zero-order valence-corrected chi connectivity index (χ0v) is 13.4. The molecule has 1 aliphatic heterocycles. The summed E-state index contributed by atoms with van der Waals surface area (Å²) in [7, 11) is 0. The Hall–Kier alpha value is -0.610. The van der Waals surface area contributed by atoms with Crippen molar-refractivity contribution in [2.24, 2.45) is 11.3 Å². The Bertz CT molecular complexity index is 337. The first kappa shape index (κ1) is 15.8. The number of morpholine rings is 1. The van der Waals surface area contributed by atoms with Crippen LogP contribution >= 0.6 is 0 Å². The van der Waals surface area contributed by atoms with E-state index in [1.54, 1.807) is 0 Å². The molecule has 2 rings (SSSR count). The highest BCUT2D eigenvalue weighted by Gasteiger charge is 2.33. The highest BCUT2D eigenvalue weighted by atomic mass is 16.5. The van der Waals surface area contributed by atoms with E-state index >= 15 is 0 Å². The summed E-state index contributed by atoms with van der Waals surface area (Å²) in [6.45, 7) is 11.8. The van der Waals surface area contributed by atoms with Crippen LogP contribution in [0.4, 0.5) is 0 Å². The van der Waals surface area contributed by atoms with Crippen LogP contribution in [0, 0.1) is 11.3 Å². The highest BCUT2D eigenvalue weighted by molar-refractivity contribution is 5.81. The van der Waals surface area contributed by atoms with Gasteiger partial charge in [0.25, 0.3) is 0 Å². The van der Waals surface area contributed by atoms with Crippen LogP contribution in [-0.4, -0.2) is 49.2 Å². The molecule has 0 spiro atoms. The van der Waals surface area contributed by atoms with Gasteiger partial charge in [0.2, 0.25) is 5.91 Å². The lowest BCUT2D eigenvalue weighted by atomic mass is 9.70. The van der Waals surface area contributed by atoms with Gasteiger partial charge in [0, 0.05) is 19.1 Å². The third kappa shape index (κ3) is 4.19. The molecule has 1 heterocycles. The van der Waals surface area contributed by atoms with Crippen LogP contribution in [0.3, 0.4) is 0 Å². The molecule has 1 aliphatic carbocycles. The molecule has 2 aliphatic rings. The molecule has 1 N–H and O–H groups in total. The molecule has 1 amide bonds. The average Bonchev–Trinajstić information content (AvgIpc) is 2.36. The summed E-state index contributed by atoms with van der Waals surface area (Å²) in [4.78, 5) is 14.4. The number of nitrogens with zero attached hydrogens (tertiary/aromatic N) is 1. The molecule has 20 heavy (non-hydrogen) atoms. The highest BCUT2D eigenvalue weighted by Crippen LogP contribution is 2.38. The third-order valence-corrected chi connectivity index (χ3v) is 4.57. The summed E-state index contributed by atoms with van der Waals surface area (Å²) >= 11 is 0. The molecule has 4 nitrogen and oxygen atoms in total. The second kappa shape index (κ2) is 6.44. The SMILES string of the molecule is CC1CC(NC(C)C(=O)N2CCOCC2)CC(C)(C)C1. The van der Waals surface area contributed by atoms with Crippen LogP contribution in [0.2, 0.25) is 0 Å². The van der Waals surface area contributed by atoms with Crippen molar-refractivity contribution in [1.82, 2.24) is 10.2 Å². The van der Waals surface area contributed by atoms with Crippen LogP contribution in [0.25, 0.3) is 0 Å². The Kier molecular flexibility index (Phi) is 5.08. The van der Waals surface area contributed by atoms with Gasteiger partial charge in [-0.25, -0.2) is 0 Å². The smallest absolute Gasteiger partial charge is 0.239 e. The van der Waals surface area contributed by atoms with Crippen molar-refractivity contribution in [1.29, 1.82) is 0 Å². The predicted molar refractivity (Wildman–Crippen MR) is 80.6 cm³/mol. The molecule has 1 saturated carbocycles. The Morgan fingerprint density at radius 3 is 2.55 bits per heavy atom. The number of amides is 1. The summed E-state index contributed by atoms with van der Waals surface area (Å²) in [6.07, 6.45) is 3.64. The second-order valence-electron chi connectivity index (χ2n) is 7.44. The molecule has 0 aromatic heterocycles. The fraction of sp³-hybridized carbons (Fsp3) is 0.938. The van der Waals surface area contributed by atoms with E-state index in [-0.39, 0.29) is 11.9 Å². The minimum absolute atomic E-state index is 0.0841. The fourth-order valence-electron chi connectivity index (χ4n) is 3.96. The zero-order valence-electron chi connectivity index (χ0n) is 13.4. The molecular weight excluding hydrogens is 252 g/mol. The van der Waals surface area contributed by atoms with Crippen molar-refractivity contribution >= 4 is 5.91 Å². The molecule has 3 atom stereocenters. The Labute approximate surface area is 123 Å². The molecule has 0 radical (unpaired) electrons. The van der Waals surface area contributed by atoms with E-state index in [1.807, 2.05) is 11.8 Å². The van der Waals surface area contributed by atoms with Crippen molar-refractivity contribution in [2.45, 2.75) is 59.0 Å². The lowest BCUT2D eigenvalue weighted by Crippen LogP contribution is -2.53. The fourth-order valence-corrected chi connectivity index (χ4v) is 3.96. The van der Waals surface area contributed by atoms with Crippen LogP contribution in [0.5, 0.6) is 0 Å². The van der Waals surface area contributed by atoms with Crippen molar-refractivity contribution < 1.29 is 9.53 Å². The van der Waals surface area contributed by atoms with Crippen LogP contribution in [-0.2, 0) is 9.53 Å². The van der Waals surface area contributed by atoms with Crippen molar-refractivity contribution in [3.63, 3.8) is 0 Å². The maximum absolute atomic E-state index is 12.4. The third-order valence-electron chi connectivity index (χ3n) is 4.57. The van der Waals surface area contributed by atoms with Gasteiger partial charge in [-0.2, -0.15) is 0 Å². The standard InChI is InChI=1S/C16H30N2O2/c1-12-9-14(11-16(3,4)10-12)17-13(2)15(19)18-5-7-20-8-6-18/h12-14,17H,5-11H2,1-4H3. The zero-order chi connectivity index (χ0) is 14.8. The first-order chi connectivity index (χ1) is 9.37. The molecule has 0 aromatic carbocycles. The number of hydrogen-bond acceptors (Lipinski definition) is 3. The molecule has 0 aromatic rings. The van der Waals surface area contributed by atoms with E-state index in [0.717, 1.165) is 25.4 Å². The number of hydrogen-bond donors (Lipinski definition) is 1. The van der Waals surface area contributed by atoms with Crippen LogP contribution < -0.4 is 5.32 Å². The average molecular weight is 282 g/mol. The van der Waals surface area contributed by atoms with Gasteiger partial charge in [0.1, 0.15) is 0 Å². The lowest BCUT2D eigenvalue weighted by molar-refractivity contribution is -0.137. The van der Waals surface area contributed by atoms with Crippen molar-refractivity contribution in [3.8, 4) is 0 Å². The van der Waals surface area contributed by atoms with Gasteiger partial charge in [-0.15, -0.1) is 0 Å². The summed E-state index contributed by atoms with van der Waals surface area (Å²) < 4.78 is 5.31. The molecule has 2 fully saturated rings. The number of nitrogens with one attached hydrogen (secondary N) is 1. The number of rotatable bonds is 3. The summed E-state index contributed by atoms with van der Waals surface area (Å²) in [6, 6.07) is 0.382. The number of carbonyl (C=O) groups excluding carboxylic acids is 1. The van der Waals surface area contributed by atoms with Gasteiger partial charge in [-0.1, -0.05) is 20.8 Å². The molecule has 3 unspecified atom stereocenters. The second-order valence-corrected chi connectivity index (χ2v) is 7.44. The van der Waals surface area contributed by atoms with E-state index in [9.17, 15) is 4.79 Å².